The van der Waals surface area contributed by atoms with Crippen LogP contribution in [0.15, 0.2) is 24.7 Å². The van der Waals surface area contributed by atoms with Gasteiger partial charge in [-0.2, -0.15) is 0 Å². The van der Waals surface area contributed by atoms with Crippen molar-refractivity contribution in [2.75, 3.05) is 31.6 Å². The third kappa shape index (κ3) is 4.09. The largest absolute Gasteiger partial charge is 0.396 e. The molecule has 28 heavy (non-hydrogen) atoms. The number of pyridine rings is 1. The maximum Gasteiger partial charge on any atom is 0.183 e. The zero-order valence-electron chi connectivity index (χ0n) is 15.3. The number of H-pyrrole nitrogens is 1. The van der Waals surface area contributed by atoms with Crippen LogP contribution < -0.4 is 5.32 Å². The van der Waals surface area contributed by atoms with Gasteiger partial charge in [-0.25, -0.2) is 19.3 Å². The van der Waals surface area contributed by atoms with Crippen LogP contribution in [0, 0.1) is 5.82 Å². The Labute approximate surface area is 167 Å². The second-order valence-corrected chi connectivity index (χ2v) is 7.44. The fraction of sp³-hybridized carbons (Fsp3) is 0.421. The third-order valence-electron chi connectivity index (χ3n) is 4.96. The molecule has 0 saturated carbocycles. The SMILES string of the molecule is OCCCN1CCCC(Nc2nc(-c3c[nH]c4ncc(Cl)cc34)ncc2F)C1. The average molecular weight is 405 g/mol. The minimum Gasteiger partial charge on any atom is -0.396 e. The summed E-state index contributed by atoms with van der Waals surface area (Å²) in [5.41, 5.74) is 1.40. The molecule has 1 unspecified atom stereocenters. The lowest BCUT2D eigenvalue weighted by Gasteiger charge is -2.33. The van der Waals surface area contributed by atoms with Crippen LogP contribution in [0.3, 0.4) is 0 Å². The van der Waals surface area contributed by atoms with Gasteiger partial charge in [-0.15, -0.1) is 0 Å². The van der Waals surface area contributed by atoms with Crippen LogP contribution in [0.5, 0.6) is 0 Å². The number of piperidine rings is 1. The normalized spacial score (nSPS) is 17.9. The number of nitrogens with one attached hydrogen (secondary N) is 2. The van der Waals surface area contributed by atoms with Crippen LogP contribution in [0.25, 0.3) is 22.4 Å². The summed E-state index contributed by atoms with van der Waals surface area (Å²) in [6.45, 7) is 2.82. The van der Waals surface area contributed by atoms with E-state index in [0.717, 1.165) is 49.8 Å². The number of hydrogen-bond donors (Lipinski definition) is 3. The first-order chi connectivity index (χ1) is 13.6. The minimum absolute atomic E-state index is 0.101. The first-order valence-electron chi connectivity index (χ1n) is 9.39. The molecule has 4 rings (SSSR count). The van der Waals surface area contributed by atoms with Gasteiger partial charge in [0.15, 0.2) is 17.5 Å². The molecule has 0 aliphatic carbocycles. The maximum atomic E-state index is 14.4. The third-order valence-corrected chi connectivity index (χ3v) is 5.17. The number of anilines is 1. The number of nitrogens with zero attached hydrogens (tertiary/aromatic N) is 4. The van der Waals surface area contributed by atoms with E-state index in [-0.39, 0.29) is 18.5 Å². The van der Waals surface area contributed by atoms with Gasteiger partial charge in [0, 0.05) is 49.1 Å². The van der Waals surface area contributed by atoms with E-state index < -0.39 is 5.82 Å². The molecule has 0 amide bonds. The molecule has 4 heterocycles. The molecular weight excluding hydrogens is 383 g/mol. The number of aliphatic hydroxyl groups is 1. The number of hydrogen-bond acceptors (Lipinski definition) is 6. The van der Waals surface area contributed by atoms with Gasteiger partial charge in [-0.3, -0.25) is 0 Å². The van der Waals surface area contributed by atoms with Crippen molar-refractivity contribution in [1.29, 1.82) is 0 Å². The van der Waals surface area contributed by atoms with Crippen molar-refractivity contribution >= 4 is 28.5 Å². The standard InChI is InChI=1S/C19H22ClFN6O/c20-12-7-14-15(9-23-17(14)22-8-12)18-24-10-16(21)19(26-18)25-13-3-1-4-27(11-13)5-2-6-28/h7-10,13,28H,1-6,11H2,(H,22,23)(H,24,25,26). The van der Waals surface area contributed by atoms with Crippen LogP contribution in [0.4, 0.5) is 10.2 Å². The van der Waals surface area contributed by atoms with Crippen molar-refractivity contribution in [1.82, 2.24) is 24.8 Å². The van der Waals surface area contributed by atoms with Crippen LogP contribution in [-0.4, -0.2) is 62.2 Å². The van der Waals surface area contributed by atoms with Crippen molar-refractivity contribution in [3.8, 4) is 11.4 Å². The summed E-state index contributed by atoms with van der Waals surface area (Å²) in [6.07, 6.45) is 7.22. The fourth-order valence-corrected chi connectivity index (χ4v) is 3.78. The summed E-state index contributed by atoms with van der Waals surface area (Å²) >= 11 is 6.06. The number of likely N-dealkylation sites (tertiary alicyclic amines) is 1. The first-order valence-corrected chi connectivity index (χ1v) is 9.77. The van der Waals surface area contributed by atoms with Crippen molar-refractivity contribution in [3.05, 3.63) is 35.5 Å². The second-order valence-electron chi connectivity index (χ2n) is 7.00. The predicted octanol–water partition coefficient (Wildman–Crippen LogP) is 3.07. The molecule has 1 fully saturated rings. The van der Waals surface area contributed by atoms with E-state index in [9.17, 15) is 4.39 Å². The summed E-state index contributed by atoms with van der Waals surface area (Å²) in [4.78, 5) is 18.2. The van der Waals surface area contributed by atoms with Crippen LogP contribution in [-0.2, 0) is 0 Å². The van der Waals surface area contributed by atoms with Gasteiger partial charge in [-0.1, -0.05) is 11.6 Å². The molecule has 9 heteroatoms. The molecule has 0 bridgehead atoms. The Kier molecular flexibility index (Phi) is 5.70. The monoisotopic (exact) mass is 404 g/mol. The lowest BCUT2D eigenvalue weighted by molar-refractivity contribution is 0.190. The summed E-state index contributed by atoms with van der Waals surface area (Å²) < 4.78 is 14.4. The highest BCUT2D eigenvalue weighted by Gasteiger charge is 2.21. The molecule has 148 valence electrons. The average Bonchev–Trinajstić information content (AvgIpc) is 3.11. The van der Waals surface area contributed by atoms with Crippen molar-refractivity contribution in [3.63, 3.8) is 0 Å². The van der Waals surface area contributed by atoms with Crippen molar-refractivity contribution in [2.24, 2.45) is 0 Å². The van der Waals surface area contributed by atoms with E-state index in [1.165, 1.54) is 6.20 Å². The van der Waals surface area contributed by atoms with Crippen LogP contribution in [0.2, 0.25) is 5.02 Å². The topological polar surface area (TPSA) is 90.0 Å². The Morgan fingerprint density at radius 1 is 1.36 bits per heavy atom. The molecule has 1 aliphatic heterocycles. The number of aromatic amines is 1. The van der Waals surface area contributed by atoms with E-state index in [1.807, 2.05) is 0 Å². The number of halogens is 2. The molecule has 1 saturated heterocycles. The summed E-state index contributed by atoms with van der Waals surface area (Å²) in [5.74, 6) is 0.128. The molecule has 7 nitrogen and oxygen atoms in total. The van der Waals surface area contributed by atoms with E-state index in [1.54, 1.807) is 18.5 Å². The number of aromatic nitrogens is 4. The quantitative estimate of drug-likeness (QED) is 0.585. The lowest BCUT2D eigenvalue weighted by Crippen LogP contribution is -2.42. The highest BCUT2D eigenvalue weighted by atomic mass is 35.5. The molecule has 0 radical (unpaired) electrons. The van der Waals surface area contributed by atoms with Gasteiger partial charge in [0.2, 0.25) is 0 Å². The van der Waals surface area contributed by atoms with Gasteiger partial charge < -0.3 is 20.3 Å². The Bertz CT molecular complexity index is 965. The smallest absolute Gasteiger partial charge is 0.183 e. The Balaban J connectivity index is 1.56. The molecule has 1 atom stereocenters. The number of aliphatic hydroxyl groups excluding tert-OH is 1. The van der Waals surface area contributed by atoms with Crippen LogP contribution in [0.1, 0.15) is 19.3 Å². The fourth-order valence-electron chi connectivity index (χ4n) is 3.63. The second kappa shape index (κ2) is 8.38. The summed E-state index contributed by atoms with van der Waals surface area (Å²) in [7, 11) is 0. The van der Waals surface area contributed by atoms with Gasteiger partial charge >= 0.3 is 0 Å². The zero-order chi connectivity index (χ0) is 19.5. The summed E-state index contributed by atoms with van der Waals surface area (Å²) in [6, 6.07) is 1.89. The Hall–Kier alpha value is -2.29. The molecular formula is C19H22ClFN6O. The van der Waals surface area contributed by atoms with E-state index in [2.05, 4.69) is 30.2 Å². The first kappa shape index (κ1) is 19.0. The molecule has 3 aromatic heterocycles. The lowest BCUT2D eigenvalue weighted by atomic mass is 10.1. The molecule has 3 aromatic rings. The zero-order valence-corrected chi connectivity index (χ0v) is 16.1. The molecule has 0 spiro atoms. The summed E-state index contributed by atoms with van der Waals surface area (Å²) in [5, 5.41) is 13.6. The Morgan fingerprint density at radius 2 is 2.25 bits per heavy atom. The van der Waals surface area contributed by atoms with Gasteiger partial charge in [0.05, 0.1) is 11.2 Å². The maximum absolute atomic E-state index is 14.4. The Morgan fingerprint density at radius 3 is 3.11 bits per heavy atom. The molecule has 3 N–H and O–H groups in total. The van der Waals surface area contributed by atoms with Crippen molar-refractivity contribution in [2.45, 2.75) is 25.3 Å². The minimum atomic E-state index is -0.479. The highest BCUT2D eigenvalue weighted by molar-refractivity contribution is 6.31. The van der Waals surface area contributed by atoms with E-state index >= 15 is 0 Å². The number of rotatable bonds is 6. The van der Waals surface area contributed by atoms with E-state index in [0.29, 0.717) is 16.5 Å². The van der Waals surface area contributed by atoms with Gasteiger partial charge in [0.1, 0.15) is 5.65 Å². The number of fused-ring (bicyclic) bond motifs is 1. The molecule has 1 aliphatic rings. The van der Waals surface area contributed by atoms with Gasteiger partial charge in [-0.05, 0) is 31.9 Å². The van der Waals surface area contributed by atoms with E-state index in [4.69, 9.17) is 16.7 Å². The highest BCUT2D eigenvalue weighted by Crippen LogP contribution is 2.28. The van der Waals surface area contributed by atoms with Crippen LogP contribution >= 0.6 is 11.6 Å². The van der Waals surface area contributed by atoms with Crippen molar-refractivity contribution < 1.29 is 9.50 Å². The van der Waals surface area contributed by atoms with Gasteiger partial charge in [0.25, 0.3) is 0 Å². The predicted molar refractivity (Wildman–Crippen MR) is 107 cm³/mol. The molecule has 0 aromatic carbocycles.